The van der Waals surface area contributed by atoms with Crippen molar-refractivity contribution in [3.63, 3.8) is 0 Å². The van der Waals surface area contributed by atoms with Gasteiger partial charge >= 0.3 is 0 Å². The molecular weight excluding hydrogens is 434 g/mol. The molecule has 0 saturated heterocycles. The van der Waals surface area contributed by atoms with Gasteiger partial charge in [-0.15, -0.1) is 0 Å². The largest absolute Gasteiger partial charge is 0.337 e. The van der Waals surface area contributed by atoms with E-state index in [2.05, 4.69) is 11.1 Å². The smallest absolute Gasteiger partial charge is 0.255 e. The third kappa shape index (κ3) is 3.12. The first kappa shape index (κ1) is 19.7. The second-order valence-corrected chi connectivity index (χ2v) is 8.75. The van der Waals surface area contributed by atoms with Gasteiger partial charge in [-0.25, -0.2) is 0 Å². The normalized spacial score (nSPS) is 13.2. The van der Waals surface area contributed by atoms with Crippen LogP contribution in [0.3, 0.4) is 0 Å². The van der Waals surface area contributed by atoms with Gasteiger partial charge in [-0.3, -0.25) is 19.1 Å². The van der Waals surface area contributed by atoms with Crippen molar-refractivity contribution >= 4 is 39.3 Å². The van der Waals surface area contributed by atoms with E-state index in [1.807, 2.05) is 54.6 Å². The van der Waals surface area contributed by atoms with Crippen LogP contribution in [0.4, 0.5) is 0 Å². The van der Waals surface area contributed by atoms with Gasteiger partial charge in [0.15, 0.2) is 0 Å². The molecule has 0 aliphatic carbocycles. The fourth-order valence-electron chi connectivity index (χ4n) is 4.58. The molecule has 6 rings (SSSR count). The maximum atomic E-state index is 13.1. The van der Waals surface area contributed by atoms with Gasteiger partial charge in [-0.1, -0.05) is 29.8 Å². The molecule has 0 N–H and O–H groups in total. The Balaban J connectivity index is 1.64. The Morgan fingerprint density at radius 3 is 2.48 bits per heavy atom. The van der Waals surface area contributed by atoms with Gasteiger partial charge in [0.25, 0.3) is 11.5 Å². The third-order valence-electron chi connectivity index (χ3n) is 6.23. The molecule has 6 heteroatoms. The lowest BCUT2D eigenvalue weighted by Gasteiger charge is -2.14. The van der Waals surface area contributed by atoms with Crippen LogP contribution < -0.4 is 5.56 Å². The zero-order valence-electron chi connectivity index (χ0n) is 17.7. The molecule has 0 spiro atoms. The van der Waals surface area contributed by atoms with Gasteiger partial charge in [-0.2, -0.15) is 0 Å². The van der Waals surface area contributed by atoms with Gasteiger partial charge in [0.2, 0.25) is 0 Å². The van der Waals surface area contributed by atoms with Crippen LogP contribution in [0.25, 0.3) is 38.6 Å². The third-order valence-corrected chi connectivity index (χ3v) is 6.48. The predicted octanol–water partition coefficient (Wildman–Crippen LogP) is 5.44. The van der Waals surface area contributed by atoms with Crippen molar-refractivity contribution in [2.75, 3.05) is 7.05 Å². The van der Waals surface area contributed by atoms with Crippen LogP contribution in [0.5, 0.6) is 0 Å². The molecule has 0 radical (unpaired) electrons. The number of pyridine rings is 2. The van der Waals surface area contributed by atoms with E-state index in [9.17, 15) is 9.59 Å². The fraction of sp³-hybridized carbons (Fsp3) is 0.0741. The molecule has 1 aliphatic heterocycles. The van der Waals surface area contributed by atoms with Gasteiger partial charge in [0.05, 0.1) is 11.0 Å². The quantitative estimate of drug-likeness (QED) is 0.335. The summed E-state index contributed by atoms with van der Waals surface area (Å²) in [5, 5.41) is 2.43. The van der Waals surface area contributed by atoms with Crippen molar-refractivity contribution in [1.29, 1.82) is 0 Å². The summed E-state index contributed by atoms with van der Waals surface area (Å²) in [6.07, 6.45) is 1.79. The zero-order chi connectivity index (χ0) is 22.7. The Kier molecular flexibility index (Phi) is 4.35. The number of rotatable bonds is 2. The van der Waals surface area contributed by atoms with Crippen molar-refractivity contribution in [3.05, 3.63) is 105 Å². The Morgan fingerprint density at radius 2 is 1.67 bits per heavy atom. The van der Waals surface area contributed by atoms with Crippen LogP contribution >= 0.6 is 11.6 Å². The van der Waals surface area contributed by atoms with E-state index in [1.54, 1.807) is 34.8 Å². The summed E-state index contributed by atoms with van der Waals surface area (Å²) >= 11 is 6.06. The first-order chi connectivity index (χ1) is 16.0. The standard InChI is InChI=1S/C27H18ClN3O2/c1-30-15-19-12-21(8-9-22(19)27(30)33)31-25(32)11-5-18-14-29-24-10-4-17(13-23(24)26(18)31)16-2-6-20(28)7-3-16/h2-14H,15H2,1H3. The molecule has 3 aromatic carbocycles. The molecule has 0 fully saturated rings. The SMILES string of the molecule is CN1Cc2cc(-n3c(=O)ccc4cnc5ccc(-c6ccc(Cl)cc6)cc5c43)ccc2C1=O. The molecule has 0 unspecified atom stereocenters. The fourth-order valence-corrected chi connectivity index (χ4v) is 4.71. The van der Waals surface area contributed by atoms with Gasteiger partial charge in [-0.05, 0) is 65.2 Å². The molecule has 5 aromatic rings. The second kappa shape index (κ2) is 7.29. The first-order valence-corrected chi connectivity index (χ1v) is 11.0. The summed E-state index contributed by atoms with van der Waals surface area (Å²) in [4.78, 5) is 31.8. The maximum Gasteiger partial charge on any atom is 0.255 e. The van der Waals surface area contributed by atoms with E-state index < -0.39 is 0 Å². The van der Waals surface area contributed by atoms with Crippen molar-refractivity contribution in [2.45, 2.75) is 6.54 Å². The van der Waals surface area contributed by atoms with Crippen LogP contribution in [-0.4, -0.2) is 27.4 Å². The second-order valence-electron chi connectivity index (χ2n) is 8.31. The lowest BCUT2D eigenvalue weighted by atomic mass is 10.0. The Bertz CT molecular complexity index is 1660. The minimum Gasteiger partial charge on any atom is -0.337 e. The lowest BCUT2D eigenvalue weighted by molar-refractivity contribution is 0.0816. The lowest BCUT2D eigenvalue weighted by Crippen LogP contribution is -2.18. The number of fused-ring (bicyclic) bond motifs is 4. The Hall–Kier alpha value is -3.96. The summed E-state index contributed by atoms with van der Waals surface area (Å²) in [6.45, 7) is 0.532. The zero-order valence-corrected chi connectivity index (χ0v) is 18.5. The molecule has 33 heavy (non-hydrogen) atoms. The summed E-state index contributed by atoms with van der Waals surface area (Å²) in [5.41, 5.74) is 5.84. The molecule has 0 bridgehead atoms. The first-order valence-electron chi connectivity index (χ1n) is 10.6. The summed E-state index contributed by atoms with van der Waals surface area (Å²) in [6, 6.07) is 22.7. The van der Waals surface area contributed by atoms with E-state index in [0.717, 1.165) is 44.2 Å². The van der Waals surface area contributed by atoms with Crippen molar-refractivity contribution in [1.82, 2.24) is 14.5 Å². The number of halogens is 1. The van der Waals surface area contributed by atoms with Gasteiger partial charge < -0.3 is 4.90 Å². The average molecular weight is 452 g/mol. The highest BCUT2D eigenvalue weighted by molar-refractivity contribution is 6.30. The molecule has 160 valence electrons. The van der Waals surface area contributed by atoms with Crippen molar-refractivity contribution in [2.24, 2.45) is 0 Å². The topological polar surface area (TPSA) is 55.2 Å². The molecule has 1 amide bonds. The van der Waals surface area contributed by atoms with Crippen LogP contribution in [0.1, 0.15) is 15.9 Å². The minimum atomic E-state index is -0.135. The van der Waals surface area contributed by atoms with Gasteiger partial charge in [0.1, 0.15) is 0 Å². The average Bonchev–Trinajstić information content (AvgIpc) is 3.11. The Morgan fingerprint density at radius 1 is 0.879 bits per heavy atom. The Labute approximate surface area is 194 Å². The molecular formula is C27H18ClN3O2. The van der Waals surface area contributed by atoms with E-state index in [4.69, 9.17) is 11.6 Å². The van der Waals surface area contributed by atoms with Crippen LogP contribution in [-0.2, 0) is 6.54 Å². The monoisotopic (exact) mass is 451 g/mol. The number of aromatic nitrogens is 2. The van der Waals surface area contributed by atoms with E-state index >= 15 is 0 Å². The number of nitrogens with zero attached hydrogens (tertiary/aromatic N) is 3. The maximum absolute atomic E-state index is 13.1. The van der Waals surface area contributed by atoms with Crippen molar-refractivity contribution < 1.29 is 4.79 Å². The minimum absolute atomic E-state index is 0.00377. The van der Waals surface area contributed by atoms with Crippen LogP contribution in [0.15, 0.2) is 83.8 Å². The highest BCUT2D eigenvalue weighted by Crippen LogP contribution is 2.31. The van der Waals surface area contributed by atoms with E-state index in [1.165, 1.54) is 0 Å². The molecule has 0 saturated carbocycles. The molecule has 1 aliphatic rings. The van der Waals surface area contributed by atoms with Crippen LogP contribution in [0, 0.1) is 0 Å². The van der Waals surface area contributed by atoms with Gasteiger partial charge in [0, 0.05) is 52.9 Å². The highest BCUT2D eigenvalue weighted by atomic mass is 35.5. The van der Waals surface area contributed by atoms with Crippen molar-refractivity contribution in [3.8, 4) is 16.8 Å². The molecule has 5 nitrogen and oxygen atoms in total. The van der Waals surface area contributed by atoms with E-state index in [-0.39, 0.29) is 11.5 Å². The number of carbonyl (C=O) groups excluding carboxylic acids is 1. The van der Waals surface area contributed by atoms with E-state index in [0.29, 0.717) is 17.1 Å². The summed E-state index contributed by atoms with van der Waals surface area (Å²) in [7, 11) is 1.78. The highest BCUT2D eigenvalue weighted by Gasteiger charge is 2.25. The summed E-state index contributed by atoms with van der Waals surface area (Å²) < 4.78 is 1.72. The summed E-state index contributed by atoms with van der Waals surface area (Å²) in [5.74, 6) is 0.00377. The number of benzene rings is 3. The molecule has 3 heterocycles. The molecule has 2 aromatic heterocycles. The number of hydrogen-bond acceptors (Lipinski definition) is 3. The molecule has 0 atom stereocenters. The van der Waals surface area contributed by atoms with Crippen LogP contribution in [0.2, 0.25) is 5.02 Å². The number of carbonyl (C=O) groups is 1. The predicted molar refractivity (Wildman–Crippen MR) is 131 cm³/mol. The number of hydrogen-bond donors (Lipinski definition) is 0. The number of amides is 1.